The predicted molar refractivity (Wildman–Crippen MR) is 114 cm³/mol. The first kappa shape index (κ1) is 19.5. The van der Waals surface area contributed by atoms with Crippen molar-refractivity contribution in [3.05, 3.63) is 75.8 Å². The number of fused-ring (bicyclic) bond motifs is 5. The van der Waals surface area contributed by atoms with Gasteiger partial charge in [0.2, 0.25) is 0 Å². The Morgan fingerprint density at radius 2 is 1.73 bits per heavy atom. The number of aryl methyl sites for hydroxylation is 3. The van der Waals surface area contributed by atoms with E-state index < -0.39 is 10.8 Å². The van der Waals surface area contributed by atoms with Gasteiger partial charge in [-0.2, -0.15) is 0 Å². The molecule has 0 amide bonds. The fourth-order valence-corrected chi connectivity index (χ4v) is 6.47. The summed E-state index contributed by atoms with van der Waals surface area (Å²) in [6.07, 6.45) is -0.0287. The van der Waals surface area contributed by atoms with Gasteiger partial charge >= 0.3 is 0 Å². The summed E-state index contributed by atoms with van der Waals surface area (Å²) >= 11 is 0. The first-order chi connectivity index (χ1) is 14.1. The highest BCUT2D eigenvalue weighted by atomic mass is 19.1. The van der Waals surface area contributed by atoms with E-state index in [1.165, 1.54) is 6.07 Å². The normalized spacial score (nSPS) is 34.7. The minimum absolute atomic E-state index is 0.0391. The Morgan fingerprint density at radius 3 is 2.37 bits per heavy atom. The Hall–Kier alpha value is -2.46. The number of aliphatic hydroxyl groups is 1. The van der Waals surface area contributed by atoms with Crippen LogP contribution in [0.2, 0.25) is 0 Å². The van der Waals surface area contributed by atoms with Crippen LogP contribution in [-0.4, -0.2) is 23.1 Å². The first-order valence-corrected chi connectivity index (χ1v) is 10.6. The predicted octanol–water partition coefficient (Wildman–Crippen LogP) is 5.57. The quantitative estimate of drug-likeness (QED) is 0.709. The Morgan fingerprint density at radius 1 is 1.07 bits per heavy atom. The summed E-state index contributed by atoms with van der Waals surface area (Å²) in [5.41, 5.74) is 3.57. The lowest BCUT2D eigenvalue weighted by Gasteiger charge is -2.43. The molecule has 3 nitrogen and oxygen atoms in total. The monoisotopic (exact) mass is 406 g/mol. The summed E-state index contributed by atoms with van der Waals surface area (Å²) in [7, 11) is 0. The fourth-order valence-electron chi connectivity index (χ4n) is 6.47. The number of carbonyl (C=O) groups is 1. The van der Waals surface area contributed by atoms with Crippen molar-refractivity contribution in [3.8, 4) is 0 Å². The minimum atomic E-state index is -0.844. The summed E-state index contributed by atoms with van der Waals surface area (Å²) < 4.78 is 20.2. The molecule has 30 heavy (non-hydrogen) atoms. The molecule has 2 aromatic carbocycles. The molecule has 5 rings (SSSR count). The number of aliphatic hydroxyl groups excluding tert-OH is 1. The minimum Gasteiger partial charge on any atom is -0.511 e. The number of Topliss-reactive ketones (excluding diaryl/α,β-unsaturated/α-hetero) is 1. The van der Waals surface area contributed by atoms with Crippen molar-refractivity contribution in [3.63, 3.8) is 0 Å². The number of benzene rings is 2. The van der Waals surface area contributed by atoms with E-state index in [2.05, 4.69) is 12.1 Å². The Bertz CT molecular complexity index is 1110. The third kappa shape index (κ3) is 2.15. The van der Waals surface area contributed by atoms with Crippen LogP contribution in [0, 0.1) is 37.4 Å². The molecule has 2 aliphatic heterocycles. The van der Waals surface area contributed by atoms with Gasteiger partial charge in [0, 0.05) is 5.92 Å². The molecule has 2 bridgehead atoms. The average molecular weight is 406 g/mol. The van der Waals surface area contributed by atoms with Crippen molar-refractivity contribution >= 4 is 11.4 Å². The second-order valence-corrected chi connectivity index (χ2v) is 9.67. The van der Waals surface area contributed by atoms with Gasteiger partial charge in [-0.3, -0.25) is 4.79 Å². The van der Waals surface area contributed by atoms with Gasteiger partial charge in [0.05, 0.1) is 28.6 Å². The molecule has 0 spiro atoms. The molecule has 2 fully saturated rings. The van der Waals surface area contributed by atoms with Gasteiger partial charge in [-0.1, -0.05) is 29.8 Å². The van der Waals surface area contributed by atoms with Crippen molar-refractivity contribution < 1.29 is 19.0 Å². The second-order valence-electron chi connectivity index (χ2n) is 9.67. The van der Waals surface area contributed by atoms with E-state index in [1.807, 2.05) is 40.7 Å². The van der Waals surface area contributed by atoms with Gasteiger partial charge in [0.25, 0.3) is 0 Å². The van der Waals surface area contributed by atoms with Crippen LogP contribution in [0.25, 0.3) is 5.57 Å². The molecule has 0 radical (unpaired) electrons. The molecule has 1 N–H and O–H groups in total. The number of carbonyl (C=O) groups excluding carboxylic acids is 1. The lowest BCUT2D eigenvalue weighted by Crippen LogP contribution is -2.50. The molecule has 156 valence electrons. The van der Waals surface area contributed by atoms with E-state index in [1.54, 1.807) is 12.1 Å². The molecule has 2 saturated heterocycles. The van der Waals surface area contributed by atoms with Crippen molar-refractivity contribution in [2.75, 3.05) is 0 Å². The summed E-state index contributed by atoms with van der Waals surface area (Å²) in [5, 5.41) is 11.6. The zero-order valence-corrected chi connectivity index (χ0v) is 18.0. The smallest absolute Gasteiger partial charge is 0.176 e. The molecular formula is C26H27FO3. The molecule has 4 heteroatoms. The van der Waals surface area contributed by atoms with E-state index in [9.17, 15) is 14.3 Å². The average Bonchev–Trinajstić information content (AvgIpc) is 3.26. The lowest BCUT2D eigenvalue weighted by molar-refractivity contribution is -0.127. The Balaban J connectivity index is 1.68. The molecule has 0 saturated carbocycles. The van der Waals surface area contributed by atoms with Crippen LogP contribution < -0.4 is 0 Å². The highest BCUT2D eigenvalue weighted by Crippen LogP contribution is 2.71. The van der Waals surface area contributed by atoms with Crippen molar-refractivity contribution in [1.29, 1.82) is 0 Å². The number of rotatable bonds is 2. The maximum atomic E-state index is 13.9. The third-order valence-corrected chi connectivity index (χ3v) is 8.07. The van der Waals surface area contributed by atoms with Gasteiger partial charge in [-0.05, 0) is 75.4 Å². The molecule has 0 aromatic heterocycles. The number of hydrogen-bond acceptors (Lipinski definition) is 3. The van der Waals surface area contributed by atoms with Crippen molar-refractivity contribution in [2.24, 2.45) is 10.8 Å². The van der Waals surface area contributed by atoms with Crippen LogP contribution in [0.1, 0.15) is 54.0 Å². The fraction of sp³-hybridized carbons (Fsp3) is 0.423. The first-order valence-electron chi connectivity index (χ1n) is 10.6. The van der Waals surface area contributed by atoms with Gasteiger partial charge in [-0.15, -0.1) is 0 Å². The van der Waals surface area contributed by atoms with Crippen LogP contribution in [0.3, 0.4) is 0 Å². The van der Waals surface area contributed by atoms with Crippen LogP contribution in [-0.2, 0) is 9.53 Å². The maximum absolute atomic E-state index is 13.9. The van der Waals surface area contributed by atoms with E-state index in [4.69, 9.17) is 4.74 Å². The highest BCUT2D eigenvalue weighted by Gasteiger charge is 2.76. The van der Waals surface area contributed by atoms with E-state index in [0.717, 1.165) is 27.8 Å². The summed E-state index contributed by atoms with van der Waals surface area (Å²) in [4.78, 5) is 13.8. The van der Waals surface area contributed by atoms with Gasteiger partial charge in [0.15, 0.2) is 5.78 Å². The summed E-state index contributed by atoms with van der Waals surface area (Å²) in [5.74, 6) is -0.253. The van der Waals surface area contributed by atoms with E-state index in [-0.39, 0.29) is 35.5 Å². The highest BCUT2D eigenvalue weighted by molar-refractivity contribution is 6.28. The number of allylic oxidation sites excluding steroid dienone is 1. The SMILES string of the molecule is Cc1cc(C)c(C2=C(O)[C@]3(C)[C@@H]4O[C@@H](C[C@H]4c4cccc(F)c4)[C@]3(C)C2=O)c(C)c1. The number of ether oxygens (including phenoxy) is 1. The molecule has 1 aliphatic carbocycles. The summed E-state index contributed by atoms with van der Waals surface area (Å²) in [6, 6.07) is 10.7. The van der Waals surface area contributed by atoms with E-state index >= 15 is 0 Å². The van der Waals surface area contributed by atoms with Gasteiger partial charge < -0.3 is 9.84 Å². The summed E-state index contributed by atoms with van der Waals surface area (Å²) in [6.45, 7) is 9.89. The van der Waals surface area contributed by atoms with Crippen LogP contribution in [0.5, 0.6) is 0 Å². The number of halogens is 1. The zero-order valence-electron chi connectivity index (χ0n) is 18.0. The van der Waals surface area contributed by atoms with Gasteiger partial charge in [0.1, 0.15) is 11.6 Å². The second kappa shape index (κ2) is 6.04. The van der Waals surface area contributed by atoms with Crippen LogP contribution in [0.15, 0.2) is 42.2 Å². The Kier molecular flexibility index (Phi) is 3.93. The van der Waals surface area contributed by atoms with Crippen LogP contribution >= 0.6 is 0 Å². The number of ketones is 1. The topological polar surface area (TPSA) is 46.5 Å². The van der Waals surface area contributed by atoms with Crippen molar-refractivity contribution in [1.82, 2.24) is 0 Å². The Labute approximate surface area is 176 Å². The van der Waals surface area contributed by atoms with E-state index in [0.29, 0.717) is 12.0 Å². The van der Waals surface area contributed by atoms with Gasteiger partial charge in [-0.25, -0.2) is 4.39 Å². The zero-order chi connectivity index (χ0) is 21.6. The maximum Gasteiger partial charge on any atom is 0.176 e. The molecule has 2 aromatic rings. The molecular weight excluding hydrogens is 379 g/mol. The molecule has 5 atom stereocenters. The van der Waals surface area contributed by atoms with Crippen LogP contribution in [0.4, 0.5) is 4.39 Å². The lowest BCUT2D eigenvalue weighted by atomic mass is 9.55. The third-order valence-electron chi connectivity index (χ3n) is 8.07. The largest absolute Gasteiger partial charge is 0.511 e. The molecule has 3 aliphatic rings. The number of hydrogen-bond donors (Lipinski definition) is 1. The molecule has 2 heterocycles. The van der Waals surface area contributed by atoms with Crippen molar-refractivity contribution in [2.45, 2.75) is 59.2 Å². The standard InChI is InChI=1S/C26H27FO3/c1-13-9-14(2)20(15(3)10-13)21-22(28)25(4)19-12-18(16-7-6-8-17(27)11-16)24(30-19)26(25,5)23(21)29/h6-11,18-19,24,29H,12H2,1-5H3/t18-,19-,24+,25+,26+/m0/s1. The molecule has 0 unspecified atom stereocenters.